The second-order valence-corrected chi connectivity index (χ2v) is 4.10. The van der Waals surface area contributed by atoms with E-state index >= 15 is 0 Å². The molecule has 0 aliphatic carbocycles. The lowest BCUT2D eigenvalue weighted by Gasteiger charge is -2.12. The highest BCUT2D eigenvalue weighted by Crippen LogP contribution is 2.34. The first-order valence-corrected chi connectivity index (χ1v) is 5.92. The second-order valence-electron chi connectivity index (χ2n) is 3.70. The van der Waals surface area contributed by atoms with Crippen molar-refractivity contribution < 1.29 is 9.47 Å². The molecule has 2 aromatic rings. The highest BCUT2D eigenvalue weighted by molar-refractivity contribution is 6.32. The van der Waals surface area contributed by atoms with Crippen LogP contribution < -0.4 is 14.8 Å². The van der Waals surface area contributed by atoms with Crippen molar-refractivity contribution in [1.29, 1.82) is 0 Å². The lowest BCUT2D eigenvalue weighted by atomic mass is 10.2. The first-order chi connectivity index (χ1) is 9.21. The standard InChI is InChI=1S/C11H14ClN5O2/c1-13-6-11-14-15-16-17(11)8-4-7(12)9(18-2)5-10(8)19-3/h4-5,13H,6H2,1-3H3. The van der Waals surface area contributed by atoms with Crippen LogP contribution in [0.1, 0.15) is 5.82 Å². The van der Waals surface area contributed by atoms with E-state index in [-0.39, 0.29) is 0 Å². The van der Waals surface area contributed by atoms with Gasteiger partial charge in [-0.1, -0.05) is 11.6 Å². The number of halogens is 1. The molecule has 1 N–H and O–H groups in total. The zero-order valence-corrected chi connectivity index (χ0v) is 11.6. The van der Waals surface area contributed by atoms with Crippen molar-refractivity contribution in [1.82, 2.24) is 25.5 Å². The molecule has 0 atom stereocenters. The quantitative estimate of drug-likeness (QED) is 0.884. The molecule has 19 heavy (non-hydrogen) atoms. The van der Waals surface area contributed by atoms with Gasteiger partial charge in [0.15, 0.2) is 5.82 Å². The average molecular weight is 284 g/mol. The van der Waals surface area contributed by atoms with Gasteiger partial charge in [-0.05, 0) is 23.5 Å². The van der Waals surface area contributed by atoms with Gasteiger partial charge in [-0.2, -0.15) is 4.68 Å². The summed E-state index contributed by atoms with van der Waals surface area (Å²) < 4.78 is 12.0. The Balaban J connectivity index is 2.54. The number of nitrogens with one attached hydrogen (secondary N) is 1. The number of aromatic nitrogens is 4. The number of hydrogen-bond acceptors (Lipinski definition) is 6. The largest absolute Gasteiger partial charge is 0.495 e. The molecule has 102 valence electrons. The van der Waals surface area contributed by atoms with Gasteiger partial charge in [0.05, 0.1) is 25.8 Å². The molecule has 8 heteroatoms. The zero-order valence-electron chi connectivity index (χ0n) is 10.8. The minimum absolute atomic E-state index is 0.462. The molecule has 0 saturated heterocycles. The molecule has 0 saturated carbocycles. The van der Waals surface area contributed by atoms with Crippen LogP contribution >= 0.6 is 11.6 Å². The van der Waals surface area contributed by atoms with Crippen molar-refractivity contribution in [3.05, 3.63) is 23.0 Å². The fraction of sp³-hybridized carbons (Fsp3) is 0.364. The molecule has 1 aromatic heterocycles. The van der Waals surface area contributed by atoms with Gasteiger partial charge in [0.25, 0.3) is 0 Å². The highest BCUT2D eigenvalue weighted by Gasteiger charge is 2.15. The molecule has 7 nitrogen and oxygen atoms in total. The van der Waals surface area contributed by atoms with Crippen LogP contribution in [0.3, 0.4) is 0 Å². The fourth-order valence-electron chi connectivity index (χ4n) is 1.67. The van der Waals surface area contributed by atoms with E-state index in [4.69, 9.17) is 21.1 Å². The van der Waals surface area contributed by atoms with E-state index in [0.717, 1.165) is 0 Å². The molecule has 0 radical (unpaired) electrons. The molecule has 2 rings (SSSR count). The summed E-state index contributed by atoms with van der Waals surface area (Å²) in [4.78, 5) is 0. The van der Waals surface area contributed by atoms with Crippen LogP contribution in [0.15, 0.2) is 12.1 Å². The SMILES string of the molecule is CNCc1nnnn1-c1cc(Cl)c(OC)cc1OC. The van der Waals surface area contributed by atoms with Crippen LogP contribution in [-0.2, 0) is 6.54 Å². The summed E-state index contributed by atoms with van der Waals surface area (Å²) in [5, 5.41) is 15.0. The smallest absolute Gasteiger partial charge is 0.170 e. The molecule has 0 aliphatic rings. The molecule has 0 fully saturated rings. The Bertz CT molecular complexity index is 572. The van der Waals surface area contributed by atoms with E-state index in [1.807, 2.05) is 7.05 Å². The summed E-state index contributed by atoms with van der Waals surface area (Å²) in [6.45, 7) is 0.528. The molecule has 0 amide bonds. The third-order valence-corrected chi connectivity index (χ3v) is 2.85. The third-order valence-electron chi connectivity index (χ3n) is 2.55. The number of rotatable bonds is 5. The number of methoxy groups -OCH3 is 2. The average Bonchev–Trinajstić information content (AvgIpc) is 2.87. The van der Waals surface area contributed by atoms with Gasteiger partial charge in [-0.3, -0.25) is 0 Å². The van der Waals surface area contributed by atoms with Crippen molar-refractivity contribution in [2.75, 3.05) is 21.3 Å². The lowest BCUT2D eigenvalue weighted by molar-refractivity contribution is 0.392. The van der Waals surface area contributed by atoms with E-state index < -0.39 is 0 Å². The van der Waals surface area contributed by atoms with Gasteiger partial charge in [0.1, 0.15) is 17.2 Å². The fourth-order valence-corrected chi connectivity index (χ4v) is 1.91. The van der Waals surface area contributed by atoms with Crippen LogP contribution in [0.5, 0.6) is 11.5 Å². The van der Waals surface area contributed by atoms with Gasteiger partial charge in [-0.25, -0.2) is 0 Å². The van der Waals surface area contributed by atoms with E-state index in [1.165, 1.54) is 0 Å². The van der Waals surface area contributed by atoms with Crippen LogP contribution in [0.4, 0.5) is 0 Å². The summed E-state index contributed by atoms with van der Waals surface area (Å²) in [6.07, 6.45) is 0. The van der Waals surface area contributed by atoms with Crippen molar-refractivity contribution in [2.24, 2.45) is 0 Å². The predicted octanol–water partition coefficient (Wildman–Crippen LogP) is 1.05. The van der Waals surface area contributed by atoms with Crippen molar-refractivity contribution in [3.63, 3.8) is 0 Å². The molecule has 0 aliphatic heterocycles. The summed E-state index contributed by atoms with van der Waals surface area (Å²) >= 11 is 6.13. The Hall–Kier alpha value is -1.86. The molecule has 0 bridgehead atoms. The predicted molar refractivity (Wildman–Crippen MR) is 70.0 cm³/mol. The molecule has 0 spiro atoms. The minimum Gasteiger partial charge on any atom is -0.495 e. The van der Waals surface area contributed by atoms with E-state index in [0.29, 0.717) is 34.6 Å². The molecule has 1 aromatic carbocycles. The van der Waals surface area contributed by atoms with Gasteiger partial charge < -0.3 is 14.8 Å². The molecule has 1 heterocycles. The van der Waals surface area contributed by atoms with Crippen LogP contribution in [0, 0.1) is 0 Å². The highest BCUT2D eigenvalue weighted by atomic mass is 35.5. The summed E-state index contributed by atoms with van der Waals surface area (Å²) in [5.74, 6) is 1.76. The van der Waals surface area contributed by atoms with Crippen LogP contribution in [0.25, 0.3) is 5.69 Å². The Kier molecular flexibility index (Phi) is 4.18. The van der Waals surface area contributed by atoms with E-state index in [2.05, 4.69) is 20.8 Å². The molecular formula is C11H14ClN5O2. The van der Waals surface area contributed by atoms with Crippen LogP contribution in [-0.4, -0.2) is 41.5 Å². The lowest BCUT2D eigenvalue weighted by Crippen LogP contribution is -2.13. The summed E-state index contributed by atoms with van der Waals surface area (Å²) in [6, 6.07) is 3.40. The van der Waals surface area contributed by atoms with Gasteiger partial charge in [0.2, 0.25) is 0 Å². The summed E-state index contributed by atoms with van der Waals surface area (Å²) in [7, 11) is 4.93. The third kappa shape index (κ3) is 2.61. The number of benzene rings is 1. The number of ether oxygens (including phenoxy) is 2. The van der Waals surface area contributed by atoms with Gasteiger partial charge >= 0.3 is 0 Å². The van der Waals surface area contributed by atoms with E-state index in [9.17, 15) is 0 Å². The van der Waals surface area contributed by atoms with Crippen molar-refractivity contribution in [2.45, 2.75) is 6.54 Å². The minimum atomic E-state index is 0.462. The number of hydrogen-bond donors (Lipinski definition) is 1. The topological polar surface area (TPSA) is 74.1 Å². The Labute approximate surface area is 115 Å². The maximum atomic E-state index is 6.13. The Morgan fingerprint density at radius 1 is 1.26 bits per heavy atom. The number of tetrazole rings is 1. The zero-order chi connectivity index (χ0) is 13.8. The monoisotopic (exact) mass is 283 g/mol. The number of nitrogens with zero attached hydrogens (tertiary/aromatic N) is 4. The van der Waals surface area contributed by atoms with Gasteiger partial charge in [-0.15, -0.1) is 5.10 Å². The van der Waals surface area contributed by atoms with Crippen molar-refractivity contribution >= 4 is 11.6 Å². The van der Waals surface area contributed by atoms with E-state index in [1.54, 1.807) is 31.0 Å². The molecular weight excluding hydrogens is 270 g/mol. The van der Waals surface area contributed by atoms with Gasteiger partial charge in [0, 0.05) is 6.07 Å². The second kappa shape index (κ2) is 5.85. The molecule has 0 unspecified atom stereocenters. The maximum Gasteiger partial charge on any atom is 0.170 e. The van der Waals surface area contributed by atoms with Crippen LogP contribution in [0.2, 0.25) is 5.02 Å². The summed E-state index contributed by atoms with van der Waals surface area (Å²) in [5.41, 5.74) is 0.656. The first kappa shape index (κ1) is 13.6. The first-order valence-electron chi connectivity index (χ1n) is 5.55. The Morgan fingerprint density at radius 2 is 2.00 bits per heavy atom. The maximum absolute atomic E-state index is 6.13. The Morgan fingerprint density at radius 3 is 2.63 bits per heavy atom. The normalized spacial score (nSPS) is 10.5. The van der Waals surface area contributed by atoms with Crippen molar-refractivity contribution in [3.8, 4) is 17.2 Å².